The summed E-state index contributed by atoms with van der Waals surface area (Å²) >= 11 is 3.29. The van der Waals surface area contributed by atoms with Crippen molar-refractivity contribution in [1.29, 1.82) is 0 Å². The average Bonchev–Trinajstić information content (AvgIpc) is 2.15. The quantitative estimate of drug-likeness (QED) is 0.586. The Morgan fingerprint density at radius 1 is 1.46 bits per heavy atom. The predicted octanol–water partition coefficient (Wildman–Crippen LogP) is 3.16. The Morgan fingerprint density at radius 3 is 2.92 bits per heavy atom. The van der Waals surface area contributed by atoms with Gasteiger partial charge in [-0.3, -0.25) is 0 Å². The molecule has 13 heavy (non-hydrogen) atoms. The molecule has 3 heteroatoms. The molecule has 2 nitrogen and oxygen atoms in total. The maximum Gasteiger partial charge on any atom is 0.106 e. The van der Waals surface area contributed by atoms with Crippen molar-refractivity contribution in [3.8, 4) is 0 Å². The third-order valence-corrected chi connectivity index (χ3v) is 2.17. The molecule has 0 atom stereocenters. The van der Waals surface area contributed by atoms with E-state index in [1.165, 1.54) is 6.42 Å². The van der Waals surface area contributed by atoms with Crippen molar-refractivity contribution in [3.05, 3.63) is 28.5 Å². The number of aromatic nitrogens is 1. The summed E-state index contributed by atoms with van der Waals surface area (Å²) in [6, 6.07) is 3.95. The molecule has 0 aromatic carbocycles. The minimum absolute atomic E-state index is 0.667. The van der Waals surface area contributed by atoms with Crippen LogP contribution in [0.2, 0.25) is 0 Å². The summed E-state index contributed by atoms with van der Waals surface area (Å²) in [5.74, 6) is 0. The normalized spacial score (nSPS) is 10.3. The van der Waals surface area contributed by atoms with Gasteiger partial charge in [-0.25, -0.2) is 4.98 Å². The number of hydrogen-bond acceptors (Lipinski definition) is 2. The average molecular weight is 244 g/mol. The van der Waals surface area contributed by atoms with E-state index in [1.807, 2.05) is 18.3 Å². The van der Waals surface area contributed by atoms with Gasteiger partial charge >= 0.3 is 0 Å². The summed E-state index contributed by atoms with van der Waals surface area (Å²) < 4.78 is 6.31. The van der Waals surface area contributed by atoms with Crippen LogP contribution in [0.3, 0.4) is 0 Å². The van der Waals surface area contributed by atoms with Crippen molar-refractivity contribution >= 4 is 15.9 Å². The first-order valence-electron chi connectivity index (χ1n) is 4.51. The summed E-state index contributed by atoms with van der Waals surface area (Å²) in [6.07, 6.45) is 4.14. The van der Waals surface area contributed by atoms with Crippen molar-refractivity contribution in [1.82, 2.24) is 4.98 Å². The summed E-state index contributed by atoms with van der Waals surface area (Å²) in [6.45, 7) is 3.66. The van der Waals surface area contributed by atoms with E-state index in [0.717, 1.165) is 23.2 Å². The molecule has 0 aliphatic heterocycles. The van der Waals surface area contributed by atoms with Gasteiger partial charge in [0.05, 0.1) is 6.61 Å². The largest absolute Gasteiger partial charge is 0.377 e. The van der Waals surface area contributed by atoms with E-state index in [1.54, 1.807) is 0 Å². The lowest BCUT2D eigenvalue weighted by molar-refractivity contribution is 0.118. The summed E-state index contributed by atoms with van der Waals surface area (Å²) in [5.41, 5.74) is 1.12. The first kappa shape index (κ1) is 10.7. The lowest BCUT2D eigenvalue weighted by Gasteiger charge is -2.02. The second-order valence-electron chi connectivity index (χ2n) is 2.90. The maximum atomic E-state index is 5.44. The molecular formula is C10H14BrNO. The van der Waals surface area contributed by atoms with E-state index < -0.39 is 0 Å². The third kappa shape index (κ3) is 4.39. The van der Waals surface area contributed by atoms with Gasteiger partial charge in [0.25, 0.3) is 0 Å². The molecular weight excluding hydrogens is 230 g/mol. The summed E-state index contributed by atoms with van der Waals surface area (Å²) in [5, 5.41) is 0. The fourth-order valence-electron chi connectivity index (χ4n) is 0.928. The first-order valence-corrected chi connectivity index (χ1v) is 5.30. The van der Waals surface area contributed by atoms with Crippen molar-refractivity contribution in [2.24, 2.45) is 0 Å². The Bertz CT molecular complexity index is 235. The van der Waals surface area contributed by atoms with Gasteiger partial charge in [0.2, 0.25) is 0 Å². The van der Waals surface area contributed by atoms with Crippen molar-refractivity contribution in [2.75, 3.05) is 6.61 Å². The monoisotopic (exact) mass is 243 g/mol. The molecule has 1 aromatic heterocycles. The predicted molar refractivity (Wildman–Crippen MR) is 56.5 cm³/mol. The highest BCUT2D eigenvalue weighted by Gasteiger charge is 1.93. The Hall–Kier alpha value is -0.410. The molecule has 0 aliphatic rings. The number of rotatable bonds is 5. The van der Waals surface area contributed by atoms with E-state index in [9.17, 15) is 0 Å². The molecule has 72 valence electrons. The lowest BCUT2D eigenvalue weighted by atomic mass is 10.3. The maximum absolute atomic E-state index is 5.44. The van der Waals surface area contributed by atoms with Crippen LogP contribution in [0.5, 0.6) is 0 Å². The van der Waals surface area contributed by atoms with Crippen LogP contribution in [0.15, 0.2) is 22.9 Å². The molecule has 0 amide bonds. The minimum atomic E-state index is 0.667. The topological polar surface area (TPSA) is 22.1 Å². The fourth-order valence-corrected chi connectivity index (χ4v) is 1.16. The zero-order valence-electron chi connectivity index (χ0n) is 7.79. The second-order valence-corrected chi connectivity index (χ2v) is 3.71. The molecule has 0 radical (unpaired) electrons. The molecule has 1 aromatic rings. The standard InChI is InChI=1S/C10H14BrNO/c1-2-3-6-13-8-9-4-5-10(11)12-7-9/h4-5,7H,2-3,6,8H2,1H3. The molecule has 0 fully saturated rings. The van der Waals surface area contributed by atoms with Crippen LogP contribution in [0.25, 0.3) is 0 Å². The van der Waals surface area contributed by atoms with Gasteiger partial charge in [-0.2, -0.15) is 0 Å². The smallest absolute Gasteiger partial charge is 0.106 e. The van der Waals surface area contributed by atoms with Crippen molar-refractivity contribution < 1.29 is 4.74 Å². The van der Waals surface area contributed by atoms with Crippen molar-refractivity contribution in [2.45, 2.75) is 26.4 Å². The number of unbranched alkanes of at least 4 members (excludes halogenated alkanes) is 1. The van der Waals surface area contributed by atoms with Crippen LogP contribution < -0.4 is 0 Å². The number of halogens is 1. The highest BCUT2D eigenvalue weighted by molar-refractivity contribution is 9.10. The van der Waals surface area contributed by atoms with E-state index in [4.69, 9.17) is 4.74 Å². The molecule has 0 saturated carbocycles. The van der Waals surface area contributed by atoms with E-state index >= 15 is 0 Å². The Morgan fingerprint density at radius 2 is 2.31 bits per heavy atom. The second kappa shape index (κ2) is 6.11. The van der Waals surface area contributed by atoms with Gasteiger partial charge in [-0.15, -0.1) is 0 Å². The van der Waals surface area contributed by atoms with Gasteiger partial charge in [0.15, 0.2) is 0 Å². The van der Waals surface area contributed by atoms with E-state index in [-0.39, 0.29) is 0 Å². The van der Waals surface area contributed by atoms with Crippen LogP contribution in [-0.2, 0) is 11.3 Å². The fraction of sp³-hybridized carbons (Fsp3) is 0.500. The molecule has 1 rings (SSSR count). The Balaban J connectivity index is 2.25. The summed E-state index contributed by atoms with van der Waals surface area (Å²) in [4.78, 5) is 4.11. The third-order valence-electron chi connectivity index (χ3n) is 1.70. The zero-order chi connectivity index (χ0) is 9.52. The van der Waals surface area contributed by atoms with Crippen LogP contribution in [0.4, 0.5) is 0 Å². The van der Waals surface area contributed by atoms with Gasteiger partial charge in [-0.05, 0) is 34.0 Å². The van der Waals surface area contributed by atoms with Crippen LogP contribution in [0.1, 0.15) is 25.3 Å². The Kier molecular flexibility index (Phi) is 5.01. The van der Waals surface area contributed by atoms with Crippen LogP contribution in [0, 0.1) is 0 Å². The lowest BCUT2D eigenvalue weighted by Crippen LogP contribution is -1.95. The van der Waals surface area contributed by atoms with Crippen molar-refractivity contribution in [3.63, 3.8) is 0 Å². The minimum Gasteiger partial charge on any atom is -0.377 e. The molecule has 0 unspecified atom stereocenters. The highest BCUT2D eigenvalue weighted by Crippen LogP contribution is 2.07. The highest BCUT2D eigenvalue weighted by atomic mass is 79.9. The van der Waals surface area contributed by atoms with E-state index in [0.29, 0.717) is 6.61 Å². The zero-order valence-corrected chi connectivity index (χ0v) is 9.38. The SMILES string of the molecule is CCCCOCc1ccc(Br)nc1. The van der Waals surface area contributed by atoms with Gasteiger partial charge in [-0.1, -0.05) is 19.4 Å². The number of pyridine rings is 1. The van der Waals surface area contributed by atoms with Crippen LogP contribution in [-0.4, -0.2) is 11.6 Å². The summed E-state index contributed by atoms with van der Waals surface area (Å²) in [7, 11) is 0. The molecule has 0 bridgehead atoms. The molecule has 0 aliphatic carbocycles. The number of hydrogen-bond donors (Lipinski definition) is 0. The van der Waals surface area contributed by atoms with Gasteiger partial charge in [0, 0.05) is 12.8 Å². The molecule has 0 spiro atoms. The van der Waals surface area contributed by atoms with Gasteiger partial charge < -0.3 is 4.74 Å². The van der Waals surface area contributed by atoms with E-state index in [2.05, 4.69) is 27.8 Å². The van der Waals surface area contributed by atoms with Crippen LogP contribution >= 0.6 is 15.9 Å². The molecule has 0 saturated heterocycles. The molecule has 0 N–H and O–H groups in total. The number of ether oxygens (including phenoxy) is 1. The van der Waals surface area contributed by atoms with Gasteiger partial charge in [0.1, 0.15) is 4.60 Å². The number of nitrogens with zero attached hydrogens (tertiary/aromatic N) is 1. The molecule has 1 heterocycles. The first-order chi connectivity index (χ1) is 6.33. The Labute approximate surface area is 87.5 Å².